The zero-order valence-electron chi connectivity index (χ0n) is 11.7. The van der Waals surface area contributed by atoms with Crippen molar-refractivity contribution in [3.8, 4) is 11.5 Å². The molecule has 0 radical (unpaired) electrons. The van der Waals surface area contributed by atoms with Crippen molar-refractivity contribution in [3.63, 3.8) is 0 Å². The molecule has 0 bridgehead atoms. The Hall–Kier alpha value is -1.69. The molecule has 0 N–H and O–H groups in total. The van der Waals surface area contributed by atoms with Crippen LogP contribution in [-0.4, -0.2) is 26.0 Å². The average molecular weight is 343 g/mol. The molecule has 1 aliphatic rings. The van der Waals surface area contributed by atoms with Gasteiger partial charge in [0.25, 0.3) is 0 Å². The molecule has 1 aliphatic heterocycles. The third-order valence-corrected chi connectivity index (χ3v) is 3.28. The number of carbonyl (C=O) groups is 1. The van der Waals surface area contributed by atoms with Crippen LogP contribution in [-0.2, 0) is 9.47 Å². The lowest BCUT2D eigenvalue weighted by Crippen LogP contribution is -2.39. The van der Waals surface area contributed by atoms with Crippen molar-refractivity contribution in [1.82, 2.24) is 0 Å². The Morgan fingerprint density at radius 1 is 1.30 bits per heavy atom. The minimum Gasteiger partial charge on any atom is -0.496 e. The second-order valence-corrected chi connectivity index (χ2v) is 5.39. The molecule has 0 atom stereocenters. The fourth-order valence-corrected chi connectivity index (χ4v) is 2.14. The van der Waals surface area contributed by atoms with Gasteiger partial charge in [0.15, 0.2) is 4.67 Å². The van der Waals surface area contributed by atoms with Crippen molar-refractivity contribution in [2.24, 2.45) is 0 Å². The molecule has 0 fully saturated rings. The van der Waals surface area contributed by atoms with E-state index in [1.807, 2.05) is 0 Å². The van der Waals surface area contributed by atoms with Gasteiger partial charge in [-0.15, -0.1) is 0 Å². The summed E-state index contributed by atoms with van der Waals surface area (Å²) in [6.45, 7) is 3.35. The number of halogens is 1. The van der Waals surface area contributed by atoms with E-state index in [-0.39, 0.29) is 5.56 Å². The summed E-state index contributed by atoms with van der Waals surface area (Å²) >= 11 is 3.26. The molecular weight excluding hydrogens is 328 g/mol. The van der Waals surface area contributed by atoms with Crippen molar-refractivity contribution in [1.29, 1.82) is 0 Å². The second kappa shape index (κ2) is 5.36. The summed E-state index contributed by atoms with van der Waals surface area (Å²) in [4.78, 5) is 12.1. The molecule has 5 nitrogen and oxygen atoms in total. The topological polar surface area (TPSA) is 54.0 Å². The van der Waals surface area contributed by atoms with Crippen molar-refractivity contribution in [2.45, 2.75) is 19.6 Å². The molecule has 0 unspecified atom stereocenters. The molecule has 0 amide bonds. The molecule has 0 aromatic heterocycles. The van der Waals surface area contributed by atoms with E-state index in [0.717, 1.165) is 0 Å². The van der Waals surface area contributed by atoms with Gasteiger partial charge in [0, 0.05) is 19.4 Å². The molecule has 0 aliphatic carbocycles. The largest absolute Gasteiger partial charge is 0.496 e. The lowest BCUT2D eigenvalue weighted by Gasteiger charge is -2.33. The molecule has 0 spiro atoms. The van der Waals surface area contributed by atoms with E-state index in [4.69, 9.17) is 18.9 Å². The third-order valence-electron chi connectivity index (χ3n) is 2.72. The summed E-state index contributed by atoms with van der Waals surface area (Å²) in [6.07, 6.45) is 1.72. The van der Waals surface area contributed by atoms with Gasteiger partial charge in [-0.05, 0) is 34.1 Å². The molecule has 1 aromatic carbocycles. The predicted molar refractivity (Wildman–Crippen MR) is 77.0 cm³/mol. The third kappa shape index (κ3) is 2.75. The average Bonchev–Trinajstić information content (AvgIpc) is 2.38. The van der Waals surface area contributed by atoms with Crippen LogP contribution in [0.4, 0.5) is 0 Å². The maximum Gasteiger partial charge on any atom is 0.349 e. The molecule has 1 heterocycles. The lowest BCUT2D eigenvalue weighted by molar-refractivity contribution is -0.127. The van der Waals surface area contributed by atoms with Crippen LogP contribution in [0.5, 0.6) is 11.5 Å². The van der Waals surface area contributed by atoms with Gasteiger partial charge in [-0.25, -0.2) is 4.79 Å². The highest BCUT2D eigenvalue weighted by atomic mass is 79.9. The quantitative estimate of drug-likeness (QED) is 0.623. The Kier molecular flexibility index (Phi) is 3.94. The highest BCUT2D eigenvalue weighted by Gasteiger charge is 2.37. The zero-order chi connectivity index (χ0) is 14.9. The number of cyclic esters (lactones) is 1. The number of methoxy groups -OCH3 is 2. The van der Waals surface area contributed by atoms with Crippen molar-refractivity contribution in [3.05, 3.63) is 27.9 Å². The molecule has 0 saturated carbocycles. The van der Waals surface area contributed by atoms with E-state index >= 15 is 0 Å². The van der Waals surface area contributed by atoms with Crippen LogP contribution in [0, 0.1) is 0 Å². The molecule has 1 aromatic rings. The van der Waals surface area contributed by atoms with Gasteiger partial charge in [0.2, 0.25) is 5.79 Å². The summed E-state index contributed by atoms with van der Waals surface area (Å²) in [5.74, 6) is -0.679. The van der Waals surface area contributed by atoms with Crippen LogP contribution >= 0.6 is 15.9 Å². The number of hydrogen-bond donors (Lipinski definition) is 0. The zero-order valence-corrected chi connectivity index (χ0v) is 13.2. The fraction of sp³-hybridized carbons (Fsp3) is 0.357. The summed E-state index contributed by atoms with van der Waals surface area (Å²) < 4.78 is 21.8. The van der Waals surface area contributed by atoms with Crippen LogP contribution in [0.1, 0.15) is 29.8 Å². The van der Waals surface area contributed by atoms with Gasteiger partial charge in [0.1, 0.15) is 17.1 Å². The minimum absolute atomic E-state index is 0.275. The van der Waals surface area contributed by atoms with E-state index < -0.39 is 11.8 Å². The SMILES string of the molecule is CO/C(Br)=C/c1ccc(OC)c2c1OC(C)(C)OC2=O. The predicted octanol–water partition coefficient (Wildman–Crippen LogP) is 3.32. The maximum absolute atomic E-state index is 12.1. The van der Waals surface area contributed by atoms with Gasteiger partial charge in [-0.3, -0.25) is 0 Å². The summed E-state index contributed by atoms with van der Waals surface area (Å²) in [5, 5.41) is 0. The van der Waals surface area contributed by atoms with Crippen LogP contribution in [0.2, 0.25) is 0 Å². The fourth-order valence-electron chi connectivity index (χ4n) is 1.89. The van der Waals surface area contributed by atoms with Crippen molar-refractivity contribution >= 4 is 28.0 Å². The molecule has 20 heavy (non-hydrogen) atoms. The van der Waals surface area contributed by atoms with Crippen LogP contribution in [0.15, 0.2) is 16.8 Å². The first-order valence-electron chi connectivity index (χ1n) is 5.92. The number of esters is 1. The van der Waals surface area contributed by atoms with Crippen LogP contribution in [0.25, 0.3) is 6.08 Å². The van der Waals surface area contributed by atoms with Crippen molar-refractivity contribution < 1.29 is 23.7 Å². The Balaban J connectivity index is 2.64. The Morgan fingerprint density at radius 3 is 2.60 bits per heavy atom. The van der Waals surface area contributed by atoms with Gasteiger partial charge in [-0.1, -0.05) is 0 Å². The van der Waals surface area contributed by atoms with E-state index in [1.165, 1.54) is 14.2 Å². The highest BCUT2D eigenvalue weighted by Crippen LogP contribution is 2.40. The van der Waals surface area contributed by atoms with Crippen molar-refractivity contribution in [2.75, 3.05) is 14.2 Å². The lowest BCUT2D eigenvalue weighted by atomic mass is 10.1. The molecular formula is C14H15BrO5. The van der Waals surface area contributed by atoms with Gasteiger partial charge in [0.05, 0.1) is 14.2 Å². The van der Waals surface area contributed by atoms with Gasteiger partial charge >= 0.3 is 5.97 Å². The molecule has 0 saturated heterocycles. The van der Waals surface area contributed by atoms with E-state index in [1.54, 1.807) is 32.1 Å². The second-order valence-electron chi connectivity index (χ2n) is 4.61. The first-order chi connectivity index (χ1) is 9.38. The molecule has 2 rings (SSSR count). The molecule has 6 heteroatoms. The highest BCUT2D eigenvalue weighted by molar-refractivity contribution is 9.11. The monoisotopic (exact) mass is 342 g/mol. The summed E-state index contributed by atoms with van der Waals surface area (Å²) in [7, 11) is 3.03. The number of rotatable bonds is 3. The Bertz CT molecular complexity index is 577. The number of hydrogen-bond acceptors (Lipinski definition) is 5. The van der Waals surface area contributed by atoms with Crippen LogP contribution in [0.3, 0.4) is 0 Å². The number of carbonyl (C=O) groups excluding carboxylic acids is 1. The van der Waals surface area contributed by atoms with E-state index in [9.17, 15) is 4.79 Å². The van der Waals surface area contributed by atoms with E-state index in [0.29, 0.717) is 21.7 Å². The first-order valence-corrected chi connectivity index (χ1v) is 6.72. The smallest absolute Gasteiger partial charge is 0.349 e. The Morgan fingerprint density at radius 2 is 2.00 bits per heavy atom. The van der Waals surface area contributed by atoms with Gasteiger partial charge < -0.3 is 18.9 Å². The van der Waals surface area contributed by atoms with E-state index in [2.05, 4.69) is 15.9 Å². The maximum atomic E-state index is 12.1. The van der Waals surface area contributed by atoms with Gasteiger partial charge in [-0.2, -0.15) is 0 Å². The molecule has 108 valence electrons. The normalized spacial score (nSPS) is 16.9. The Labute approximate surface area is 125 Å². The van der Waals surface area contributed by atoms with Crippen LogP contribution < -0.4 is 9.47 Å². The standard InChI is InChI=1S/C14H15BrO5/c1-14(2)19-12-8(7-10(15)18-4)5-6-9(17-3)11(12)13(16)20-14/h5-7H,1-4H3/b10-7+. The summed E-state index contributed by atoms with van der Waals surface area (Å²) in [6, 6.07) is 3.47. The number of benzene rings is 1. The summed E-state index contributed by atoms with van der Waals surface area (Å²) in [5.41, 5.74) is 0.969. The number of ether oxygens (including phenoxy) is 4. The first kappa shape index (κ1) is 14.7. The minimum atomic E-state index is -1.03. The number of fused-ring (bicyclic) bond motifs is 1.